The van der Waals surface area contributed by atoms with Gasteiger partial charge in [0.15, 0.2) is 6.61 Å². The number of carboxylic acids is 1. The van der Waals surface area contributed by atoms with E-state index < -0.39 is 17.9 Å². The molecule has 18 heavy (non-hydrogen) atoms. The summed E-state index contributed by atoms with van der Waals surface area (Å²) in [4.78, 5) is 22.0. The average Bonchev–Trinajstić information content (AvgIpc) is 2.36. The molecule has 0 aliphatic heterocycles. The van der Waals surface area contributed by atoms with E-state index in [-0.39, 0.29) is 6.61 Å². The maximum absolute atomic E-state index is 11.4. The van der Waals surface area contributed by atoms with Crippen molar-refractivity contribution in [2.75, 3.05) is 6.61 Å². The number of carboxylic acid groups (broad SMARTS) is 1. The molecule has 5 nitrogen and oxygen atoms in total. The van der Waals surface area contributed by atoms with E-state index in [4.69, 9.17) is 9.84 Å². The van der Waals surface area contributed by atoms with Gasteiger partial charge in [0, 0.05) is 0 Å². The zero-order valence-corrected chi connectivity index (χ0v) is 10.5. The largest absolute Gasteiger partial charge is 0.483 e. The van der Waals surface area contributed by atoms with Gasteiger partial charge in [-0.1, -0.05) is 25.1 Å². The number of rotatable bonds is 6. The Morgan fingerprint density at radius 3 is 2.67 bits per heavy atom. The van der Waals surface area contributed by atoms with Gasteiger partial charge in [-0.05, 0) is 25.0 Å². The average molecular weight is 251 g/mol. The maximum Gasteiger partial charge on any atom is 0.325 e. The molecule has 0 aromatic heterocycles. The highest BCUT2D eigenvalue weighted by Gasteiger charge is 2.14. The number of aryl methyl sites for hydroxylation is 1. The minimum atomic E-state index is -1.07. The fourth-order valence-corrected chi connectivity index (χ4v) is 1.42. The summed E-state index contributed by atoms with van der Waals surface area (Å²) < 4.78 is 5.37. The van der Waals surface area contributed by atoms with Crippen LogP contribution in [0.1, 0.15) is 19.4 Å². The van der Waals surface area contributed by atoms with E-state index in [1.54, 1.807) is 6.07 Å². The zero-order valence-electron chi connectivity index (χ0n) is 10.5. The Labute approximate surface area is 106 Å². The van der Waals surface area contributed by atoms with Crippen LogP contribution in [0, 0.1) is 0 Å². The highest BCUT2D eigenvalue weighted by atomic mass is 16.5. The summed E-state index contributed by atoms with van der Waals surface area (Å²) in [6.07, 6.45) is 0.809. The molecule has 0 radical (unpaired) electrons. The number of para-hydroxylation sites is 1. The topological polar surface area (TPSA) is 75.6 Å². The minimum absolute atomic E-state index is 0.186. The predicted molar refractivity (Wildman–Crippen MR) is 66.6 cm³/mol. The van der Waals surface area contributed by atoms with E-state index in [2.05, 4.69) is 5.32 Å². The molecule has 0 saturated carbocycles. The van der Waals surface area contributed by atoms with Crippen molar-refractivity contribution >= 4 is 11.9 Å². The number of amides is 1. The lowest BCUT2D eigenvalue weighted by Crippen LogP contribution is -2.40. The number of nitrogens with one attached hydrogen (secondary N) is 1. The number of carbonyl (C=O) groups excluding carboxylic acids is 1. The van der Waals surface area contributed by atoms with E-state index in [0.717, 1.165) is 12.0 Å². The molecule has 1 rings (SSSR count). The van der Waals surface area contributed by atoms with E-state index in [0.29, 0.717) is 5.75 Å². The molecule has 1 unspecified atom stereocenters. The van der Waals surface area contributed by atoms with Gasteiger partial charge in [-0.2, -0.15) is 0 Å². The first-order valence-corrected chi connectivity index (χ1v) is 5.77. The van der Waals surface area contributed by atoms with Gasteiger partial charge in [0.2, 0.25) is 0 Å². The second-order valence-electron chi connectivity index (χ2n) is 3.88. The second-order valence-corrected chi connectivity index (χ2v) is 3.88. The van der Waals surface area contributed by atoms with Crippen LogP contribution in [0.15, 0.2) is 24.3 Å². The van der Waals surface area contributed by atoms with E-state index in [1.807, 2.05) is 25.1 Å². The van der Waals surface area contributed by atoms with Crippen molar-refractivity contribution in [1.29, 1.82) is 0 Å². The SMILES string of the molecule is CCc1ccccc1OCC(=O)NC(C)C(=O)O. The van der Waals surface area contributed by atoms with Gasteiger partial charge < -0.3 is 15.2 Å². The van der Waals surface area contributed by atoms with Gasteiger partial charge in [-0.3, -0.25) is 9.59 Å². The Kier molecular flexibility index (Phi) is 5.17. The van der Waals surface area contributed by atoms with Crippen LogP contribution in [0.2, 0.25) is 0 Å². The normalized spacial score (nSPS) is 11.7. The van der Waals surface area contributed by atoms with Crippen LogP contribution in [0.4, 0.5) is 0 Å². The lowest BCUT2D eigenvalue weighted by Gasteiger charge is -2.12. The first-order chi connectivity index (χ1) is 8.54. The molecular formula is C13H17NO4. The molecule has 0 saturated heterocycles. The quantitative estimate of drug-likeness (QED) is 0.797. The standard InChI is InChI=1S/C13H17NO4/c1-3-10-6-4-5-7-11(10)18-8-12(15)14-9(2)13(16)17/h4-7,9H,3,8H2,1-2H3,(H,14,15)(H,16,17). The van der Waals surface area contributed by atoms with Crippen LogP contribution in [-0.2, 0) is 16.0 Å². The molecule has 0 bridgehead atoms. The third kappa shape index (κ3) is 4.08. The molecule has 98 valence electrons. The summed E-state index contributed by atoms with van der Waals surface area (Å²) in [6, 6.07) is 6.52. The van der Waals surface area contributed by atoms with Crippen LogP contribution in [0.3, 0.4) is 0 Å². The fraction of sp³-hybridized carbons (Fsp3) is 0.385. The smallest absolute Gasteiger partial charge is 0.325 e. The van der Waals surface area contributed by atoms with E-state index in [1.165, 1.54) is 6.92 Å². The molecule has 1 atom stereocenters. The number of carbonyl (C=O) groups is 2. The summed E-state index contributed by atoms with van der Waals surface area (Å²) >= 11 is 0. The van der Waals surface area contributed by atoms with Crippen LogP contribution in [0.5, 0.6) is 5.75 Å². The zero-order chi connectivity index (χ0) is 13.5. The maximum atomic E-state index is 11.4. The Morgan fingerprint density at radius 2 is 2.06 bits per heavy atom. The first kappa shape index (κ1) is 14.0. The van der Waals surface area contributed by atoms with Crippen LogP contribution in [0.25, 0.3) is 0 Å². The van der Waals surface area contributed by atoms with Crippen LogP contribution < -0.4 is 10.1 Å². The molecule has 1 amide bonds. The summed E-state index contributed by atoms with van der Waals surface area (Å²) in [5.41, 5.74) is 1.01. The molecule has 5 heteroatoms. The molecule has 2 N–H and O–H groups in total. The van der Waals surface area contributed by atoms with E-state index >= 15 is 0 Å². The minimum Gasteiger partial charge on any atom is -0.483 e. The molecular weight excluding hydrogens is 234 g/mol. The lowest BCUT2D eigenvalue weighted by molar-refractivity contribution is -0.141. The number of hydrogen-bond donors (Lipinski definition) is 2. The van der Waals surface area contributed by atoms with Crippen LogP contribution >= 0.6 is 0 Å². The van der Waals surface area contributed by atoms with Crippen molar-refractivity contribution in [1.82, 2.24) is 5.32 Å². The van der Waals surface area contributed by atoms with Crippen molar-refractivity contribution < 1.29 is 19.4 Å². The Morgan fingerprint density at radius 1 is 1.39 bits per heavy atom. The number of benzene rings is 1. The van der Waals surface area contributed by atoms with Crippen molar-refractivity contribution in [3.63, 3.8) is 0 Å². The van der Waals surface area contributed by atoms with Crippen LogP contribution in [-0.4, -0.2) is 29.6 Å². The van der Waals surface area contributed by atoms with Gasteiger partial charge in [0.25, 0.3) is 5.91 Å². The van der Waals surface area contributed by atoms with Crippen molar-refractivity contribution in [2.45, 2.75) is 26.3 Å². The monoisotopic (exact) mass is 251 g/mol. The van der Waals surface area contributed by atoms with Gasteiger partial charge >= 0.3 is 5.97 Å². The summed E-state index contributed by atoms with van der Waals surface area (Å²) in [5, 5.41) is 11.0. The summed E-state index contributed by atoms with van der Waals surface area (Å²) in [6.45, 7) is 3.21. The van der Waals surface area contributed by atoms with E-state index in [9.17, 15) is 9.59 Å². The Balaban J connectivity index is 2.50. The van der Waals surface area contributed by atoms with Gasteiger partial charge in [0.05, 0.1) is 0 Å². The molecule has 0 aliphatic rings. The molecule has 0 heterocycles. The third-order valence-electron chi connectivity index (χ3n) is 2.46. The molecule has 0 aliphatic carbocycles. The number of ether oxygens (including phenoxy) is 1. The van der Waals surface area contributed by atoms with Crippen molar-refractivity contribution in [3.05, 3.63) is 29.8 Å². The highest BCUT2D eigenvalue weighted by molar-refractivity contribution is 5.84. The molecule has 0 spiro atoms. The van der Waals surface area contributed by atoms with Gasteiger partial charge in [-0.15, -0.1) is 0 Å². The molecule has 0 fully saturated rings. The van der Waals surface area contributed by atoms with Crippen molar-refractivity contribution in [3.8, 4) is 5.75 Å². The summed E-state index contributed by atoms with van der Waals surface area (Å²) in [5.74, 6) is -0.869. The van der Waals surface area contributed by atoms with Gasteiger partial charge in [-0.25, -0.2) is 0 Å². The predicted octanol–water partition coefficient (Wildman–Crippen LogP) is 1.22. The second kappa shape index (κ2) is 6.64. The first-order valence-electron chi connectivity index (χ1n) is 5.77. The molecule has 1 aromatic carbocycles. The molecule has 1 aromatic rings. The Bertz CT molecular complexity index is 431. The van der Waals surface area contributed by atoms with Gasteiger partial charge in [0.1, 0.15) is 11.8 Å². The lowest BCUT2D eigenvalue weighted by atomic mass is 10.1. The third-order valence-corrected chi connectivity index (χ3v) is 2.46. The Hall–Kier alpha value is -2.04. The fourth-order valence-electron chi connectivity index (χ4n) is 1.42. The number of aliphatic carboxylic acids is 1. The number of hydrogen-bond acceptors (Lipinski definition) is 3. The van der Waals surface area contributed by atoms with Crippen molar-refractivity contribution in [2.24, 2.45) is 0 Å². The summed E-state index contributed by atoms with van der Waals surface area (Å²) in [7, 11) is 0. The highest BCUT2D eigenvalue weighted by Crippen LogP contribution is 2.17.